The summed E-state index contributed by atoms with van der Waals surface area (Å²) >= 11 is 0. The van der Waals surface area contributed by atoms with Crippen LogP contribution in [-0.4, -0.2) is 39.4 Å². The lowest BCUT2D eigenvalue weighted by Crippen LogP contribution is -2.32. The van der Waals surface area contributed by atoms with Gasteiger partial charge in [0.2, 0.25) is 10.0 Å². The average molecular weight is 317 g/mol. The van der Waals surface area contributed by atoms with Crippen molar-refractivity contribution in [1.82, 2.24) is 4.72 Å². The number of hydrogen-bond acceptors (Lipinski definition) is 5. The molecule has 1 unspecified atom stereocenters. The van der Waals surface area contributed by atoms with E-state index in [4.69, 9.17) is 9.47 Å². The van der Waals surface area contributed by atoms with Crippen LogP contribution in [0.5, 0.6) is 5.75 Å². The number of hydrogen-bond donors (Lipinski definition) is 2. The van der Waals surface area contributed by atoms with Crippen molar-refractivity contribution in [3.8, 4) is 5.75 Å². The van der Waals surface area contributed by atoms with Gasteiger partial charge in [-0.2, -0.15) is 0 Å². The van der Waals surface area contributed by atoms with Crippen LogP contribution < -0.4 is 9.46 Å². The van der Waals surface area contributed by atoms with E-state index >= 15 is 0 Å². The third-order valence-corrected chi connectivity index (χ3v) is 4.25. The highest BCUT2D eigenvalue weighted by atomic mass is 32.2. The molecule has 2 N–H and O–H groups in total. The summed E-state index contributed by atoms with van der Waals surface area (Å²) in [7, 11) is -3.63. The molecule has 7 heteroatoms. The quantitative estimate of drug-likeness (QED) is 0.717. The molecule has 0 saturated carbocycles. The summed E-state index contributed by atoms with van der Waals surface area (Å²) in [6.45, 7) is 6.35. The first kappa shape index (κ1) is 17.9. The zero-order valence-electron chi connectivity index (χ0n) is 12.6. The summed E-state index contributed by atoms with van der Waals surface area (Å²) < 4.78 is 37.5. The summed E-state index contributed by atoms with van der Waals surface area (Å²) in [4.78, 5) is 0.0960. The van der Waals surface area contributed by atoms with Gasteiger partial charge in [0, 0.05) is 18.7 Å². The zero-order chi connectivity index (χ0) is 15.9. The molecule has 0 aromatic heterocycles. The molecule has 1 atom stereocenters. The third kappa shape index (κ3) is 5.28. The van der Waals surface area contributed by atoms with Crippen molar-refractivity contribution < 1.29 is 23.0 Å². The smallest absolute Gasteiger partial charge is 0.240 e. The molecule has 21 heavy (non-hydrogen) atoms. The van der Waals surface area contributed by atoms with Crippen molar-refractivity contribution in [3.63, 3.8) is 0 Å². The Morgan fingerprint density at radius 2 is 2.00 bits per heavy atom. The molecule has 0 aliphatic carbocycles. The van der Waals surface area contributed by atoms with E-state index in [9.17, 15) is 13.5 Å². The van der Waals surface area contributed by atoms with E-state index in [1.165, 1.54) is 12.1 Å². The highest BCUT2D eigenvalue weighted by molar-refractivity contribution is 7.89. The van der Waals surface area contributed by atoms with Crippen molar-refractivity contribution in [1.29, 1.82) is 0 Å². The molecule has 6 nitrogen and oxygen atoms in total. The van der Waals surface area contributed by atoms with Crippen molar-refractivity contribution in [2.45, 2.75) is 38.4 Å². The van der Waals surface area contributed by atoms with E-state index in [1.54, 1.807) is 13.0 Å². The van der Waals surface area contributed by atoms with Gasteiger partial charge in [-0.15, -0.1) is 0 Å². The van der Waals surface area contributed by atoms with E-state index in [-0.39, 0.29) is 24.2 Å². The Morgan fingerprint density at radius 3 is 2.57 bits per heavy atom. The molecular weight excluding hydrogens is 294 g/mol. The fourth-order valence-electron chi connectivity index (χ4n) is 1.80. The molecule has 1 aromatic carbocycles. The largest absolute Gasteiger partial charge is 0.494 e. The predicted molar refractivity (Wildman–Crippen MR) is 79.8 cm³/mol. The molecule has 0 bridgehead atoms. The lowest BCUT2D eigenvalue weighted by molar-refractivity contribution is 0.0799. The van der Waals surface area contributed by atoms with Crippen LogP contribution in [0, 0.1) is 0 Å². The maximum Gasteiger partial charge on any atom is 0.240 e. The van der Waals surface area contributed by atoms with Crippen molar-refractivity contribution in [2.24, 2.45) is 0 Å². The van der Waals surface area contributed by atoms with Crippen LogP contribution in [-0.2, 0) is 21.4 Å². The predicted octanol–water partition coefficient (Wildman–Crippen LogP) is 1.28. The van der Waals surface area contributed by atoms with Crippen molar-refractivity contribution in [3.05, 3.63) is 23.8 Å². The van der Waals surface area contributed by atoms with Crippen molar-refractivity contribution in [2.75, 3.05) is 19.8 Å². The highest BCUT2D eigenvalue weighted by Crippen LogP contribution is 2.22. The standard InChI is InChI=1S/C14H23NO5S/c1-4-19-11(3)9-15-21(17,18)13-6-7-14(20-5-2)12(8-13)10-16/h6-8,11,15-16H,4-5,9-10H2,1-3H3. The number of sulfonamides is 1. The number of benzene rings is 1. The second-order valence-corrected chi connectivity index (χ2v) is 6.25. The van der Waals surface area contributed by atoms with Gasteiger partial charge >= 0.3 is 0 Å². The summed E-state index contributed by atoms with van der Waals surface area (Å²) in [6.07, 6.45) is -0.204. The second kappa shape index (κ2) is 8.33. The molecule has 0 saturated heterocycles. The fourth-order valence-corrected chi connectivity index (χ4v) is 2.96. The molecule has 0 aliphatic rings. The Hall–Kier alpha value is -1.15. The molecule has 0 aliphatic heterocycles. The molecule has 0 fully saturated rings. The number of aliphatic hydroxyl groups excluding tert-OH is 1. The second-order valence-electron chi connectivity index (χ2n) is 4.48. The van der Waals surface area contributed by atoms with Crippen LogP contribution in [0.1, 0.15) is 26.3 Å². The maximum absolute atomic E-state index is 12.2. The normalized spacial score (nSPS) is 13.1. The summed E-state index contributed by atoms with van der Waals surface area (Å²) in [5, 5.41) is 9.31. The van der Waals surface area contributed by atoms with Gasteiger partial charge < -0.3 is 14.6 Å². The lowest BCUT2D eigenvalue weighted by Gasteiger charge is -2.14. The van der Waals surface area contributed by atoms with Gasteiger partial charge in [0.1, 0.15) is 5.75 Å². The third-order valence-electron chi connectivity index (χ3n) is 2.82. The molecule has 0 radical (unpaired) electrons. The minimum Gasteiger partial charge on any atom is -0.494 e. The number of nitrogens with one attached hydrogen (secondary N) is 1. The van der Waals surface area contributed by atoms with Gasteiger partial charge in [-0.05, 0) is 39.0 Å². The monoisotopic (exact) mass is 317 g/mol. The molecular formula is C14H23NO5S. The van der Waals surface area contributed by atoms with E-state index in [0.717, 1.165) is 0 Å². The van der Waals surface area contributed by atoms with Crippen LogP contribution in [0.2, 0.25) is 0 Å². The van der Waals surface area contributed by atoms with Gasteiger partial charge in [-0.25, -0.2) is 13.1 Å². The van der Waals surface area contributed by atoms with Crippen LogP contribution in [0.15, 0.2) is 23.1 Å². The van der Waals surface area contributed by atoms with Gasteiger partial charge in [-0.1, -0.05) is 0 Å². The summed E-state index contributed by atoms with van der Waals surface area (Å²) in [5.41, 5.74) is 0.442. The number of ether oxygens (including phenoxy) is 2. The number of aliphatic hydroxyl groups is 1. The first-order valence-electron chi connectivity index (χ1n) is 6.92. The first-order chi connectivity index (χ1) is 9.94. The van der Waals surface area contributed by atoms with Crippen LogP contribution in [0.25, 0.3) is 0 Å². The Kier molecular flexibility index (Phi) is 7.10. The van der Waals surface area contributed by atoms with Gasteiger partial charge in [0.05, 0.1) is 24.2 Å². The Morgan fingerprint density at radius 1 is 1.29 bits per heavy atom. The lowest BCUT2D eigenvalue weighted by atomic mass is 10.2. The van der Waals surface area contributed by atoms with Gasteiger partial charge in [0.15, 0.2) is 0 Å². The summed E-state index contributed by atoms with van der Waals surface area (Å²) in [6, 6.07) is 4.42. The van der Waals surface area contributed by atoms with E-state index in [1.807, 2.05) is 13.8 Å². The maximum atomic E-state index is 12.2. The minimum atomic E-state index is -3.63. The average Bonchev–Trinajstić information content (AvgIpc) is 2.46. The molecule has 0 amide bonds. The molecule has 0 spiro atoms. The Labute approximate surface area is 126 Å². The van der Waals surface area contributed by atoms with E-state index < -0.39 is 10.0 Å². The van der Waals surface area contributed by atoms with Crippen LogP contribution in [0.3, 0.4) is 0 Å². The Bertz CT molecular complexity index is 544. The molecule has 120 valence electrons. The highest BCUT2D eigenvalue weighted by Gasteiger charge is 2.17. The van der Waals surface area contributed by atoms with Gasteiger partial charge in [-0.3, -0.25) is 0 Å². The molecule has 1 aromatic rings. The summed E-state index contributed by atoms with van der Waals surface area (Å²) in [5.74, 6) is 0.488. The molecule has 0 heterocycles. The minimum absolute atomic E-state index is 0.0960. The zero-order valence-corrected chi connectivity index (χ0v) is 13.4. The first-order valence-corrected chi connectivity index (χ1v) is 8.40. The molecule has 1 rings (SSSR count). The SMILES string of the molecule is CCOc1ccc(S(=O)(=O)NCC(C)OCC)cc1CO. The van der Waals surface area contributed by atoms with Crippen LogP contribution >= 0.6 is 0 Å². The number of rotatable bonds is 9. The van der Waals surface area contributed by atoms with E-state index in [2.05, 4.69) is 4.72 Å². The van der Waals surface area contributed by atoms with Crippen LogP contribution in [0.4, 0.5) is 0 Å². The Balaban J connectivity index is 2.88. The van der Waals surface area contributed by atoms with Crippen molar-refractivity contribution >= 4 is 10.0 Å². The van der Waals surface area contributed by atoms with E-state index in [0.29, 0.717) is 24.5 Å². The van der Waals surface area contributed by atoms with Gasteiger partial charge in [0.25, 0.3) is 0 Å². The fraction of sp³-hybridized carbons (Fsp3) is 0.571. The topological polar surface area (TPSA) is 84.9 Å².